The topological polar surface area (TPSA) is 104 Å². The second kappa shape index (κ2) is 9.41. The molecule has 3 aromatic rings. The molecule has 2 aliphatic heterocycles. The first kappa shape index (κ1) is 22.3. The van der Waals surface area contributed by atoms with Crippen LogP contribution < -0.4 is 10.1 Å². The van der Waals surface area contributed by atoms with Crippen LogP contribution in [0.2, 0.25) is 0 Å². The first-order valence-electron chi connectivity index (χ1n) is 11.6. The van der Waals surface area contributed by atoms with Crippen LogP contribution in [0.1, 0.15) is 25.3 Å². The summed E-state index contributed by atoms with van der Waals surface area (Å²) in [4.78, 5) is 28.0. The van der Waals surface area contributed by atoms with Crippen LogP contribution in [0, 0.1) is 0 Å². The van der Waals surface area contributed by atoms with Crippen molar-refractivity contribution < 1.29 is 13.9 Å². The van der Waals surface area contributed by atoms with Gasteiger partial charge in [0.05, 0.1) is 29.9 Å². The normalized spacial score (nSPS) is 22.1. The number of piperidine rings is 2. The summed E-state index contributed by atoms with van der Waals surface area (Å²) in [6.07, 6.45) is 6.94. The van der Waals surface area contributed by atoms with Crippen LogP contribution in [0.4, 0.5) is 16.0 Å². The summed E-state index contributed by atoms with van der Waals surface area (Å²) >= 11 is 0. The predicted molar refractivity (Wildman–Crippen MR) is 126 cm³/mol. The van der Waals surface area contributed by atoms with E-state index in [1.165, 1.54) is 6.08 Å². The first-order chi connectivity index (χ1) is 16.5. The molecule has 0 aromatic carbocycles. The van der Waals surface area contributed by atoms with Crippen LogP contribution in [0.5, 0.6) is 5.88 Å². The summed E-state index contributed by atoms with van der Waals surface area (Å²) in [5, 5.41) is 8.36. The Morgan fingerprint density at radius 3 is 2.91 bits per heavy atom. The Balaban J connectivity index is 1.34. The van der Waals surface area contributed by atoms with Gasteiger partial charge in [-0.15, -0.1) is 0 Å². The van der Waals surface area contributed by atoms with E-state index in [4.69, 9.17) is 4.74 Å². The predicted octanol–water partition coefficient (Wildman–Crippen LogP) is 2.67. The number of carbonyl (C=O) groups excluding carboxylic acids is 1. The molecule has 2 unspecified atom stereocenters. The number of alkyl halides is 1. The lowest BCUT2D eigenvalue weighted by atomic mass is 10.1. The van der Waals surface area contributed by atoms with E-state index >= 15 is 0 Å². The van der Waals surface area contributed by atoms with E-state index in [-0.39, 0.29) is 24.8 Å². The van der Waals surface area contributed by atoms with Crippen molar-refractivity contribution in [3.8, 4) is 5.88 Å². The Morgan fingerprint density at radius 1 is 1.29 bits per heavy atom. The van der Waals surface area contributed by atoms with Crippen molar-refractivity contribution in [3.63, 3.8) is 0 Å². The van der Waals surface area contributed by atoms with Crippen molar-refractivity contribution in [2.45, 2.75) is 37.6 Å². The summed E-state index contributed by atoms with van der Waals surface area (Å²) in [5.74, 6) is 0.342. The van der Waals surface area contributed by atoms with Crippen LogP contribution in [0.3, 0.4) is 0 Å². The minimum Gasteiger partial charge on any atom is -0.469 e. The molecule has 2 aliphatic rings. The molecule has 180 valence electrons. The van der Waals surface area contributed by atoms with Gasteiger partial charge in [-0.1, -0.05) is 6.58 Å². The Labute approximate surface area is 196 Å². The largest absolute Gasteiger partial charge is 0.469 e. The van der Waals surface area contributed by atoms with E-state index in [0.717, 1.165) is 31.6 Å². The standard InChI is InChI=1S/C23H29FN8O2/c1-3-20(33)31-11-7-18(24)19(14-31)34-22-17-4-8-25-21(17)28-23(29-22)27-15-12-26-32(13-15)16-5-9-30(2)10-6-16/h3-4,8,12-13,16,18-19H,1,5-7,9-11,14H2,2H3,(H2,25,27,28,29). The Hall–Kier alpha value is -3.47. The summed E-state index contributed by atoms with van der Waals surface area (Å²) in [7, 11) is 2.13. The van der Waals surface area contributed by atoms with Crippen LogP contribution in [-0.2, 0) is 4.79 Å². The van der Waals surface area contributed by atoms with E-state index < -0.39 is 12.3 Å². The smallest absolute Gasteiger partial charge is 0.246 e. The zero-order valence-electron chi connectivity index (χ0n) is 19.2. The molecule has 0 saturated carbocycles. The van der Waals surface area contributed by atoms with Crippen molar-refractivity contribution in [3.05, 3.63) is 37.3 Å². The van der Waals surface area contributed by atoms with Gasteiger partial charge < -0.3 is 24.8 Å². The van der Waals surface area contributed by atoms with Gasteiger partial charge in [0.25, 0.3) is 0 Å². The van der Waals surface area contributed by atoms with Crippen molar-refractivity contribution in [2.24, 2.45) is 0 Å². The number of ether oxygens (including phenoxy) is 1. The van der Waals surface area contributed by atoms with Gasteiger partial charge in [0, 0.05) is 18.9 Å². The fourth-order valence-electron chi connectivity index (χ4n) is 4.52. The average molecular weight is 469 g/mol. The number of nitrogens with one attached hydrogen (secondary N) is 2. The number of fused-ring (bicyclic) bond motifs is 1. The SMILES string of the molecule is C=CC(=O)N1CCC(F)C(Oc2nc(Nc3cnn(C4CCN(C)CC4)c3)nc3[nH]ccc23)C1. The molecular formula is C23H29FN8O2. The number of halogens is 1. The molecule has 2 saturated heterocycles. The highest BCUT2D eigenvalue weighted by Crippen LogP contribution is 2.29. The van der Waals surface area contributed by atoms with Crippen LogP contribution in [0.15, 0.2) is 37.3 Å². The molecule has 2 fully saturated rings. The van der Waals surface area contributed by atoms with Gasteiger partial charge in [-0.05, 0) is 51.5 Å². The van der Waals surface area contributed by atoms with Gasteiger partial charge in [0.15, 0.2) is 0 Å². The lowest BCUT2D eigenvalue weighted by Crippen LogP contribution is -2.49. The third kappa shape index (κ3) is 4.60. The molecule has 10 nitrogen and oxygen atoms in total. The van der Waals surface area contributed by atoms with Crippen LogP contribution >= 0.6 is 0 Å². The molecule has 0 radical (unpaired) electrons. The second-order valence-corrected chi connectivity index (χ2v) is 8.91. The number of carbonyl (C=O) groups is 1. The maximum Gasteiger partial charge on any atom is 0.246 e. The minimum absolute atomic E-state index is 0.133. The molecule has 34 heavy (non-hydrogen) atoms. The summed E-state index contributed by atoms with van der Waals surface area (Å²) in [6, 6.07) is 2.15. The fraction of sp³-hybridized carbons (Fsp3) is 0.478. The van der Waals surface area contributed by atoms with E-state index in [1.54, 1.807) is 23.4 Å². The number of hydrogen-bond donors (Lipinski definition) is 2. The number of nitrogens with zero attached hydrogens (tertiary/aromatic N) is 6. The van der Waals surface area contributed by atoms with Crippen molar-refractivity contribution in [1.29, 1.82) is 0 Å². The molecule has 0 aliphatic carbocycles. The van der Waals surface area contributed by atoms with Crippen LogP contribution in [0.25, 0.3) is 11.0 Å². The maximum atomic E-state index is 14.7. The first-order valence-corrected chi connectivity index (χ1v) is 11.6. The zero-order chi connectivity index (χ0) is 23.7. The molecule has 5 rings (SSSR count). The number of H-pyrrole nitrogens is 1. The molecule has 2 atom stereocenters. The molecule has 1 amide bonds. The highest BCUT2D eigenvalue weighted by atomic mass is 19.1. The average Bonchev–Trinajstić information content (AvgIpc) is 3.50. The van der Waals surface area contributed by atoms with E-state index in [2.05, 4.69) is 43.9 Å². The quantitative estimate of drug-likeness (QED) is 0.536. The molecule has 2 N–H and O–H groups in total. The van der Waals surface area contributed by atoms with Crippen molar-refractivity contribution >= 4 is 28.6 Å². The highest BCUT2D eigenvalue weighted by molar-refractivity contribution is 5.87. The number of rotatable bonds is 6. The van der Waals surface area contributed by atoms with Gasteiger partial charge in [-0.25, -0.2) is 4.39 Å². The fourth-order valence-corrected chi connectivity index (χ4v) is 4.52. The van der Waals surface area contributed by atoms with Gasteiger partial charge in [0.2, 0.25) is 17.7 Å². The zero-order valence-corrected chi connectivity index (χ0v) is 19.2. The summed E-state index contributed by atoms with van der Waals surface area (Å²) in [5.41, 5.74) is 1.33. The number of amides is 1. The molecular weight excluding hydrogens is 439 g/mol. The Bertz CT molecular complexity index is 1170. The molecule has 0 spiro atoms. The van der Waals surface area contributed by atoms with E-state index in [1.807, 2.05) is 10.9 Å². The van der Waals surface area contributed by atoms with Crippen LogP contribution in [-0.4, -0.2) is 85.9 Å². The van der Waals surface area contributed by atoms with Gasteiger partial charge in [-0.3, -0.25) is 9.48 Å². The molecule has 11 heteroatoms. The second-order valence-electron chi connectivity index (χ2n) is 8.91. The number of anilines is 2. The minimum atomic E-state index is -1.21. The lowest BCUT2D eigenvalue weighted by Gasteiger charge is -2.34. The lowest BCUT2D eigenvalue weighted by molar-refractivity contribution is -0.130. The third-order valence-electron chi connectivity index (χ3n) is 6.53. The number of aromatic amines is 1. The maximum absolute atomic E-state index is 14.7. The number of hydrogen-bond acceptors (Lipinski definition) is 7. The highest BCUT2D eigenvalue weighted by Gasteiger charge is 2.33. The van der Waals surface area contributed by atoms with E-state index in [9.17, 15) is 9.18 Å². The number of likely N-dealkylation sites (tertiary alicyclic amines) is 2. The third-order valence-corrected chi connectivity index (χ3v) is 6.53. The van der Waals surface area contributed by atoms with Crippen molar-refractivity contribution in [1.82, 2.24) is 34.5 Å². The Morgan fingerprint density at radius 2 is 2.12 bits per heavy atom. The summed E-state index contributed by atoms with van der Waals surface area (Å²) < 4.78 is 22.7. The van der Waals surface area contributed by atoms with Gasteiger partial charge in [0.1, 0.15) is 17.9 Å². The van der Waals surface area contributed by atoms with Gasteiger partial charge in [-0.2, -0.15) is 15.1 Å². The monoisotopic (exact) mass is 468 g/mol. The van der Waals surface area contributed by atoms with Gasteiger partial charge >= 0.3 is 0 Å². The molecule has 3 aromatic heterocycles. The van der Waals surface area contributed by atoms with E-state index in [0.29, 0.717) is 29.6 Å². The number of aromatic nitrogens is 5. The summed E-state index contributed by atoms with van der Waals surface area (Å²) in [6.45, 7) is 6.08. The molecule has 5 heterocycles. The molecule has 0 bridgehead atoms. The van der Waals surface area contributed by atoms with Crippen molar-refractivity contribution in [2.75, 3.05) is 38.5 Å². The Kier molecular flexibility index (Phi) is 6.18.